The Morgan fingerprint density at radius 1 is 1.13 bits per heavy atom. The first-order chi connectivity index (χ1) is 11.0. The molecule has 1 amide bonds. The maximum absolute atomic E-state index is 12.0. The van der Waals surface area contributed by atoms with Gasteiger partial charge in [0.15, 0.2) is 12.4 Å². The fraction of sp³-hybridized carbons (Fsp3) is 0.176. The molecule has 1 N–H and O–H groups in total. The van der Waals surface area contributed by atoms with Crippen molar-refractivity contribution in [3.63, 3.8) is 0 Å². The van der Waals surface area contributed by atoms with Crippen LogP contribution < -0.4 is 14.8 Å². The molecule has 0 radical (unpaired) electrons. The number of halogens is 1. The lowest BCUT2D eigenvalue weighted by atomic mass is 10.1. The topological polar surface area (TPSA) is 64.6 Å². The quantitative estimate of drug-likeness (QED) is 0.569. The summed E-state index contributed by atoms with van der Waals surface area (Å²) in [4.78, 5) is 23.6. The average molecular weight is 425 g/mol. The standard InChI is InChI=1S/C17H16INO4/c1-11(20)15-8-7-14(22-2)9-16(15)23-10-17(21)19-13-5-3-12(18)4-6-13/h3-9H,10H2,1-2H3,(H,19,21). The van der Waals surface area contributed by atoms with Gasteiger partial charge in [-0.2, -0.15) is 0 Å². The lowest BCUT2D eigenvalue weighted by Gasteiger charge is -2.11. The molecule has 0 heterocycles. The minimum Gasteiger partial charge on any atom is -0.497 e. The summed E-state index contributed by atoms with van der Waals surface area (Å²) in [6, 6.07) is 12.3. The molecule has 23 heavy (non-hydrogen) atoms. The zero-order valence-electron chi connectivity index (χ0n) is 12.8. The van der Waals surface area contributed by atoms with Crippen molar-refractivity contribution in [2.75, 3.05) is 19.0 Å². The first-order valence-electron chi connectivity index (χ1n) is 6.87. The summed E-state index contributed by atoms with van der Waals surface area (Å²) < 4.78 is 11.7. The number of hydrogen-bond donors (Lipinski definition) is 1. The molecule has 0 unspecified atom stereocenters. The van der Waals surface area contributed by atoms with Crippen molar-refractivity contribution in [1.29, 1.82) is 0 Å². The van der Waals surface area contributed by atoms with Crippen LogP contribution in [0.5, 0.6) is 11.5 Å². The fourth-order valence-corrected chi connectivity index (χ4v) is 2.27. The molecule has 0 atom stereocenters. The van der Waals surface area contributed by atoms with Gasteiger partial charge in [0.1, 0.15) is 11.5 Å². The minimum atomic E-state index is -0.302. The Bertz CT molecular complexity index is 713. The molecule has 6 heteroatoms. The summed E-state index contributed by atoms with van der Waals surface area (Å²) in [5.74, 6) is 0.446. The van der Waals surface area contributed by atoms with E-state index in [0.29, 0.717) is 22.7 Å². The lowest BCUT2D eigenvalue weighted by Crippen LogP contribution is -2.20. The Morgan fingerprint density at radius 2 is 1.83 bits per heavy atom. The van der Waals surface area contributed by atoms with Crippen LogP contribution >= 0.6 is 22.6 Å². The molecule has 0 saturated heterocycles. The highest BCUT2D eigenvalue weighted by molar-refractivity contribution is 14.1. The van der Waals surface area contributed by atoms with E-state index in [1.54, 1.807) is 18.2 Å². The molecule has 2 rings (SSSR count). The number of carbonyl (C=O) groups excluding carboxylic acids is 2. The number of anilines is 1. The van der Waals surface area contributed by atoms with E-state index in [1.807, 2.05) is 24.3 Å². The van der Waals surface area contributed by atoms with Crippen molar-refractivity contribution in [2.45, 2.75) is 6.92 Å². The van der Waals surface area contributed by atoms with Crippen LogP contribution in [-0.2, 0) is 4.79 Å². The number of ketones is 1. The Kier molecular flexibility index (Phi) is 5.97. The molecule has 0 aliphatic heterocycles. The molecule has 2 aromatic carbocycles. The SMILES string of the molecule is COc1ccc(C(C)=O)c(OCC(=O)Nc2ccc(I)cc2)c1. The number of nitrogens with one attached hydrogen (secondary N) is 1. The Hall–Kier alpha value is -2.09. The van der Waals surface area contributed by atoms with Gasteiger partial charge in [-0.3, -0.25) is 9.59 Å². The van der Waals surface area contributed by atoms with E-state index in [4.69, 9.17) is 9.47 Å². The number of ether oxygens (including phenoxy) is 2. The van der Waals surface area contributed by atoms with Crippen molar-refractivity contribution in [3.05, 3.63) is 51.6 Å². The van der Waals surface area contributed by atoms with E-state index < -0.39 is 0 Å². The van der Waals surface area contributed by atoms with Crippen LogP contribution in [0.2, 0.25) is 0 Å². The number of methoxy groups -OCH3 is 1. The van der Waals surface area contributed by atoms with Crippen molar-refractivity contribution in [3.8, 4) is 11.5 Å². The van der Waals surface area contributed by atoms with Gasteiger partial charge < -0.3 is 14.8 Å². The number of hydrogen-bond acceptors (Lipinski definition) is 4. The zero-order valence-corrected chi connectivity index (χ0v) is 14.9. The van der Waals surface area contributed by atoms with Crippen LogP contribution in [-0.4, -0.2) is 25.4 Å². The van der Waals surface area contributed by atoms with Crippen molar-refractivity contribution >= 4 is 40.0 Å². The monoisotopic (exact) mass is 425 g/mol. The number of rotatable bonds is 6. The van der Waals surface area contributed by atoms with E-state index in [9.17, 15) is 9.59 Å². The van der Waals surface area contributed by atoms with Gasteiger partial charge in [-0.25, -0.2) is 0 Å². The third-order valence-corrected chi connectivity index (χ3v) is 3.77. The molecule has 0 bridgehead atoms. The smallest absolute Gasteiger partial charge is 0.262 e. The third kappa shape index (κ3) is 4.95. The number of carbonyl (C=O) groups is 2. The second-order valence-corrected chi connectivity index (χ2v) is 6.01. The van der Waals surface area contributed by atoms with E-state index in [2.05, 4.69) is 27.9 Å². The highest BCUT2D eigenvalue weighted by Crippen LogP contribution is 2.25. The van der Waals surface area contributed by atoms with Crippen LogP contribution in [0.15, 0.2) is 42.5 Å². The Morgan fingerprint density at radius 3 is 2.43 bits per heavy atom. The summed E-state index contributed by atoms with van der Waals surface area (Å²) >= 11 is 2.19. The van der Waals surface area contributed by atoms with Crippen molar-refractivity contribution < 1.29 is 19.1 Å². The molecule has 0 spiro atoms. The molecule has 0 saturated carbocycles. The zero-order chi connectivity index (χ0) is 16.8. The molecule has 0 fully saturated rings. The molecular formula is C17H16INO4. The fourth-order valence-electron chi connectivity index (χ4n) is 1.91. The van der Waals surface area contributed by atoms with Gasteiger partial charge in [0.25, 0.3) is 5.91 Å². The van der Waals surface area contributed by atoms with Gasteiger partial charge in [-0.05, 0) is 65.9 Å². The summed E-state index contributed by atoms with van der Waals surface area (Å²) in [6.07, 6.45) is 0. The normalized spacial score (nSPS) is 10.0. The second-order valence-electron chi connectivity index (χ2n) is 4.76. The molecule has 5 nitrogen and oxygen atoms in total. The van der Waals surface area contributed by atoms with E-state index >= 15 is 0 Å². The van der Waals surface area contributed by atoms with Gasteiger partial charge in [0.05, 0.1) is 12.7 Å². The highest BCUT2D eigenvalue weighted by atomic mass is 127. The second kappa shape index (κ2) is 7.96. The Balaban J connectivity index is 2.03. The molecular weight excluding hydrogens is 409 g/mol. The van der Waals surface area contributed by atoms with Crippen LogP contribution in [0.25, 0.3) is 0 Å². The van der Waals surface area contributed by atoms with E-state index in [-0.39, 0.29) is 18.3 Å². The van der Waals surface area contributed by atoms with Crippen LogP contribution in [0.1, 0.15) is 17.3 Å². The van der Waals surface area contributed by atoms with E-state index in [1.165, 1.54) is 14.0 Å². The third-order valence-electron chi connectivity index (χ3n) is 3.05. The molecule has 2 aromatic rings. The molecule has 0 aliphatic carbocycles. The number of Topliss-reactive ketones (excluding diaryl/α,β-unsaturated/α-hetero) is 1. The summed E-state index contributed by atoms with van der Waals surface area (Å²) in [5.41, 5.74) is 1.10. The largest absolute Gasteiger partial charge is 0.497 e. The average Bonchev–Trinajstić information content (AvgIpc) is 2.54. The highest BCUT2D eigenvalue weighted by Gasteiger charge is 2.12. The van der Waals surface area contributed by atoms with Crippen LogP contribution in [0, 0.1) is 3.57 Å². The summed E-state index contributed by atoms with van der Waals surface area (Å²) in [7, 11) is 1.52. The van der Waals surface area contributed by atoms with Crippen molar-refractivity contribution in [2.24, 2.45) is 0 Å². The molecule has 0 aliphatic rings. The lowest BCUT2D eigenvalue weighted by molar-refractivity contribution is -0.118. The summed E-state index contributed by atoms with van der Waals surface area (Å²) in [5, 5.41) is 2.73. The number of benzene rings is 2. The van der Waals surface area contributed by atoms with Gasteiger partial charge in [0, 0.05) is 15.3 Å². The van der Waals surface area contributed by atoms with Gasteiger partial charge in [-0.15, -0.1) is 0 Å². The van der Waals surface area contributed by atoms with Gasteiger partial charge in [0.2, 0.25) is 0 Å². The number of amides is 1. The Labute approximate surface area is 148 Å². The van der Waals surface area contributed by atoms with E-state index in [0.717, 1.165) is 3.57 Å². The predicted octanol–water partition coefficient (Wildman–Crippen LogP) is 3.52. The first kappa shape index (κ1) is 17.3. The first-order valence-corrected chi connectivity index (χ1v) is 7.94. The van der Waals surface area contributed by atoms with Gasteiger partial charge >= 0.3 is 0 Å². The maximum Gasteiger partial charge on any atom is 0.262 e. The van der Waals surface area contributed by atoms with Crippen LogP contribution in [0.3, 0.4) is 0 Å². The molecule has 0 aromatic heterocycles. The minimum absolute atomic E-state index is 0.138. The predicted molar refractivity (Wildman–Crippen MR) is 96.3 cm³/mol. The molecule has 120 valence electrons. The van der Waals surface area contributed by atoms with Gasteiger partial charge in [-0.1, -0.05) is 0 Å². The van der Waals surface area contributed by atoms with Crippen LogP contribution in [0.4, 0.5) is 5.69 Å². The summed E-state index contributed by atoms with van der Waals surface area (Å²) in [6.45, 7) is 1.25. The van der Waals surface area contributed by atoms with Crippen molar-refractivity contribution in [1.82, 2.24) is 0 Å². The maximum atomic E-state index is 12.0.